The molecule has 0 bridgehead atoms. The van der Waals surface area contributed by atoms with E-state index in [1.807, 2.05) is 12.2 Å². The van der Waals surface area contributed by atoms with Gasteiger partial charge >= 0.3 is 0 Å². The van der Waals surface area contributed by atoms with E-state index in [1.54, 1.807) is 21.2 Å². The number of nitrogens with two attached hydrogens (primary N) is 1. The van der Waals surface area contributed by atoms with Crippen LogP contribution < -0.4 is 5.73 Å². The Labute approximate surface area is 231 Å². The number of methoxy groups -OCH3 is 1. The largest absolute Gasteiger partial charge is 0.508 e. The van der Waals surface area contributed by atoms with E-state index in [2.05, 4.69) is 11.8 Å². The van der Waals surface area contributed by atoms with Crippen LogP contribution in [0.15, 0.2) is 68.6 Å². The number of amides is 1. The van der Waals surface area contributed by atoms with Crippen LogP contribution in [0.5, 0.6) is 0 Å². The molecular weight excluding hydrogens is 516 g/mol. The number of aliphatic hydroxyl groups is 4. The number of rotatable bonds is 3. The maximum Gasteiger partial charge on any atom is 0.255 e. The van der Waals surface area contributed by atoms with Crippen molar-refractivity contribution in [1.29, 1.82) is 0 Å². The number of carbonyl (C=O) groups excluding carboxylic acids is 3. The highest BCUT2D eigenvalue weighted by molar-refractivity contribution is 6.22. The van der Waals surface area contributed by atoms with E-state index in [-0.39, 0.29) is 36.2 Å². The minimum atomic E-state index is -2.56. The summed E-state index contributed by atoms with van der Waals surface area (Å²) in [6, 6.07) is -1.10. The van der Waals surface area contributed by atoms with Crippen LogP contribution in [0.2, 0.25) is 0 Å². The summed E-state index contributed by atoms with van der Waals surface area (Å²) in [5, 5.41) is 45.5. The molecule has 1 amide bonds. The van der Waals surface area contributed by atoms with E-state index < -0.39 is 58.0 Å². The number of nitrogens with zero attached hydrogens (tertiary/aromatic N) is 1. The van der Waals surface area contributed by atoms with Gasteiger partial charge in [0.1, 0.15) is 28.6 Å². The molecule has 5 aliphatic rings. The van der Waals surface area contributed by atoms with Crippen LogP contribution in [-0.2, 0) is 19.1 Å². The van der Waals surface area contributed by atoms with Crippen LogP contribution in [0.1, 0.15) is 38.5 Å². The Bertz CT molecular complexity index is 1490. The maximum absolute atomic E-state index is 13.2. The molecule has 0 aliphatic heterocycles. The van der Waals surface area contributed by atoms with Crippen molar-refractivity contribution in [2.75, 3.05) is 21.2 Å². The monoisotopic (exact) mass is 548 g/mol. The van der Waals surface area contributed by atoms with Gasteiger partial charge in [0.25, 0.3) is 5.91 Å². The second-order valence-corrected chi connectivity index (χ2v) is 11.0. The Morgan fingerprint density at radius 3 is 2.50 bits per heavy atom. The lowest BCUT2D eigenvalue weighted by Crippen LogP contribution is -2.62. The van der Waals surface area contributed by atoms with E-state index in [1.165, 1.54) is 4.90 Å². The van der Waals surface area contributed by atoms with Gasteiger partial charge in [-0.25, -0.2) is 0 Å². The molecule has 0 radical (unpaired) electrons. The summed E-state index contributed by atoms with van der Waals surface area (Å²) >= 11 is 0. The first-order valence-corrected chi connectivity index (χ1v) is 13.2. The van der Waals surface area contributed by atoms with Crippen LogP contribution in [0, 0.1) is 23.7 Å². The number of Topliss-reactive ketones (excluding diaryl/α,β-unsaturated/α-hetero) is 2. The Hall–Kier alpha value is -4.07. The number of primary amides is 1. The third kappa shape index (κ3) is 4.00. The molecule has 0 saturated carbocycles. The van der Waals surface area contributed by atoms with Gasteiger partial charge in [-0.2, -0.15) is 0 Å². The summed E-state index contributed by atoms with van der Waals surface area (Å²) in [6.07, 6.45) is 6.19. The fraction of sp³-hybridized carbons (Fsp3) is 0.433. The lowest BCUT2D eigenvalue weighted by Gasteiger charge is -2.50. The fourth-order valence-electron chi connectivity index (χ4n) is 6.70. The van der Waals surface area contributed by atoms with E-state index >= 15 is 0 Å². The molecule has 4 atom stereocenters. The molecule has 5 aliphatic carbocycles. The third-order valence-electron chi connectivity index (χ3n) is 8.57. The van der Waals surface area contributed by atoms with Gasteiger partial charge in [-0.1, -0.05) is 11.8 Å². The Morgan fingerprint density at radius 2 is 1.85 bits per heavy atom. The van der Waals surface area contributed by atoms with Crippen molar-refractivity contribution >= 4 is 17.5 Å². The summed E-state index contributed by atoms with van der Waals surface area (Å²) in [4.78, 5) is 39.9. The summed E-state index contributed by atoms with van der Waals surface area (Å²) < 4.78 is 5.30. The number of likely N-dealkylation sites (N-methyl/N-ethyl adjacent to an activating group) is 1. The number of hydrogen-bond donors (Lipinski definition) is 5. The van der Waals surface area contributed by atoms with E-state index in [0.29, 0.717) is 17.6 Å². The Morgan fingerprint density at radius 1 is 1.12 bits per heavy atom. The molecule has 0 unspecified atom stereocenters. The molecule has 0 fully saturated rings. The van der Waals surface area contributed by atoms with Crippen molar-refractivity contribution < 1.29 is 39.5 Å². The summed E-state index contributed by atoms with van der Waals surface area (Å²) in [5.74, 6) is 0.770. The highest BCUT2D eigenvalue weighted by atomic mass is 16.5. The van der Waals surface area contributed by atoms with Crippen molar-refractivity contribution in [2.24, 2.45) is 17.6 Å². The van der Waals surface area contributed by atoms with E-state index in [9.17, 15) is 34.8 Å². The second-order valence-electron chi connectivity index (χ2n) is 11.0. The molecule has 40 heavy (non-hydrogen) atoms. The van der Waals surface area contributed by atoms with Crippen LogP contribution >= 0.6 is 0 Å². The first kappa shape index (κ1) is 27.5. The molecule has 0 aromatic heterocycles. The third-order valence-corrected chi connectivity index (χ3v) is 8.57. The summed E-state index contributed by atoms with van der Waals surface area (Å²) in [7, 11) is 4.75. The van der Waals surface area contributed by atoms with Gasteiger partial charge in [0.05, 0.1) is 18.7 Å². The Kier molecular flexibility index (Phi) is 6.76. The SMILES string of the molecule is COC1=CCCC(C#CC2=C3C[C@H]4C[C@H]5[C@H](N(C)C)C(=O)C(C(N)=O)=C(O)[C@@]5(O)C(O)=C4C(O)=C3C(=O)CC2)=C1. The van der Waals surface area contributed by atoms with Crippen LogP contribution in [-0.4, -0.2) is 75.6 Å². The smallest absolute Gasteiger partial charge is 0.255 e. The van der Waals surface area contributed by atoms with Gasteiger partial charge < -0.3 is 30.9 Å². The standard InChI is InChI=1S/C30H32N2O8/c1-32(2)24-19-13-16-12-18-15(8-7-14-5-4-6-17(11-14)40-3)9-10-20(33)22(18)25(34)21(16)27(36)30(19,39)28(37)23(26(24)35)29(31)38/h6,11,16,19,24,34,36-37,39H,4-5,9-10,12-13H2,1-3H3,(H2,31,38)/t16-,19-,24-,30-/m0/s1. The van der Waals surface area contributed by atoms with Crippen molar-refractivity contribution in [3.05, 3.63) is 68.6 Å². The topological polar surface area (TPSA) is 171 Å². The number of aliphatic hydroxyl groups excluding tert-OH is 3. The van der Waals surface area contributed by atoms with Crippen LogP contribution in [0.3, 0.4) is 0 Å². The zero-order chi connectivity index (χ0) is 29.1. The molecule has 0 spiro atoms. The van der Waals surface area contributed by atoms with Crippen molar-refractivity contribution in [2.45, 2.75) is 50.2 Å². The maximum atomic E-state index is 13.2. The van der Waals surface area contributed by atoms with Gasteiger partial charge in [-0.05, 0) is 69.8 Å². The highest BCUT2D eigenvalue weighted by Crippen LogP contribution is 2.55. The quantitative estimate of drug-likeness (QED) is 0.262. The van der Waals surface area contributed by atoms with Gasteiger partial charge in [-0.15, -0.1) is 0 Å². The fourth-order valence-corrected chi connectivity index (χ4v) is 6.70. The molecule has 0 heterocycles. The number of ether oxygens (including phenoxy) is 1. The minimum Gasteiger partial charge on any atom is -0.508 e. The molecule has 0 aromatic rings. The lowest BCUT2D eigenvalue weighted by atomic mass is 9.58. The normalized spacial score (nSPS) is 30.3. The molecule has 6 N–H and O–H groups in total. The van der Waals surface area contributed by atoms with Crippen LogP contribution in [0.4, 0.5) is 0 Å². The number of hydrogen-bond acceptors (Lipinski definition) is 9. The minimum absolute atomic E-state index is 0.0279. The van der Waals surface area contributed by atoms with Gasteiger partial charge in [-0.3, -0.25) is 19.3 Å². The predicted molar refractivity (Wildman–Crippen MR) is 143 cm³/mol. The zero-order valence-corrected chi connectivity index (χ0v) is 22.6. The molecule has 10 nitrogen and oxygen atoms in total. The van der Waals surface area contributed by atoms with Gasteiger partial charge in [0.15, 0.2) is 17.2 Å². The number of ketones is 2. The molecule has 210 valence electrons. The van der Waals surface area contributed by atoms with Crippen molar-refractivity contribution in [3.8, 4) is 11.8 Å². The lowest BCUT2D eigenvalue weighted by molar-refractivity contribution is -0.136. The summed E-state index contributed by atoms with van der Waals surface area (Å²) in [5.41, 5.74) is 4.12. The first-order valence-electron chi connectivity index (χ1n) is 13.2. The van der Waals surface area contributed by atoms with Crippen molar-refractivity contribution in [1.82, 2.24) is 4.90 Å². The summed E-state index contributed by atoms with van der Waals surface area (Å²) in [6.45, 7) is 0. The van der Waals surface area contributed by atoms with E-state index in [0.717, 1.165) is 24.2 Å². The average Bonchev–Trinajstić information content (AvgIpc) is 2.90. The first-order chi connectivity index (χ1) is 18.9. The van der Waals surface area contributed by atoms with E-state index in [4.69, 9.17) is 10.5 Å². The van der Waals surface area contributed by atoms with Gasteiger partial charge in [0, 0.05) is 29.1 Å². The van der Waals surface area contributed by atoms with Crippen molar-refractivity contribution in [3.63, 3.8) is 0 Å². The number of fused-ring (bicyclic) bond motifs is 3. The average molecular weight is 549 g/mol. The molecule has 10 heteroatoms. The second kappa shape index (κ2) is 9.84. The number of carbonyl (C=O) groups is 3. The van der Waals surface area contributed by atoms with Gasteiger partial charge in [0.2, 0.25) is 0 Å². The molecule has 5 rings (SSSR count). The molecular formula is C30H32N2O8. The zero-order valence-electron chi connectivity index (χ0n) is 22.6. The highest BCUT2D eigenvalue weighted by Gasteiger charge is 2.62. The van der Waals surface area contributed by atoms with Crippen LogP contribution in [0.25, 0.3) is 0 Å². The number of allylic oxidation sites excluding steroid dienone is 7. The predicted octanol–water partition coefficient (Wildman–Crippen LogP) is 2.11. The molecule has 0 aromatic carbocycles. The molecule has 0 saturated heterocycles. The Balaban J connectivity index is 1.68.